The number of phenols is 1. The molecule has 7 heteroatoms. The van der Waals surface area contributed by atoms with E-state index in [1.165, 1.54) is 19.2 Å². The topological polar surface area (TPSA) is 83.5 Å². The van der Waals surface area contributed by atoms with Crippen LogP contribution in [0, 0.1) is 12.8 Å². The Morgan fingerprint density at radius 1 is 0.838 bits per heavy atom. The summed E-state index contributed by atoms with van der Waals surface area (Å²) in [5, 5.41) is 9.94. The number of carbonyl (C=O) groups excluding carboxylic acids is 1. The summed E-state index contributed by atoms with van der Waals surface area (Å²) in [7, 11) is 1.29. The lowest BCUT2D eigenvalue weighted by Gasteiger charge is -2.30. The van der Waals surface area contributed by atoms with Gasteiger partial charge in [0.15, 0.2) is 0 Å². The van der Waals surface area contributed by atoms with Gasteiger partial charge in [-0.1, -0.05) is 13.8 Å². The van der Waals surface area contributed by atoms with Crippen molar-refractivity contribution in [3.63, 3.8) is 0 Å². The van der Waals surface area contributed by atoms with Crippen molar-refractivity contribution in [1.29, 1.82) is 0 Å². The first kappa shape index (κ1) is 30.3. The smallest absolute Gasteiger partial charge is 0.338 e. The van der Waals surface area contributed by atoms with Crippen LogP contribution in [-0.4, -0.2) is 49.2 Å². The number of carbonyl (C=O) groups is 1. The van der Waals surface area contributed by atoms with Crippen molar-refractivity contribution in [2.45, 2.75) is 78.9 Å². The van der Waals surface area contributed by atoms with Crippen LogP contribution in [0.1, 0.15) is 76.7 Å². The van der Waals surface area contributed by atoms with Crippen molar-refractivity contribution in [3.8, 4) is 23.0 Å². The van der Waals surface area contributed by atoms with Crippen LogP contribution in [0.3, 0.4) is 0 Å². The maximum atomic E-state index is 11.8. The first-order valence-electron chi connectivity index (χ1n) is 12.9. The van der Waals surface area contributed by atoms with E-state index in [1.807, 2.05) is 52.8 Å². The lowest BCUT2D eigenvalue weighted by atomic mass is 10.0. The fraction of sp³-hybridized carbons (Fsp3) is 0.567. The Balaban J connectivity index is 1.82. The second-order valence-electron chi connectivity index (χ2n) is 11.0. The Hall–Kier alpha value is -2.93. The SMILES string of the molecule is COC(=O)c1cc(O)cc(OC(C)(C)CCOC(C)(C)CCOc2cc(C)cc(OCCC(C)C)c2)c1. The minimum Gasteiger partial charge on any atom is -0.508 e. The number of benzene rings is 2. The molecule has 2 aromatic rings. The van der Waals surface area contributed by atoms with Gasteiger partial charge in [0.25, 0.3) is 0 Å². The molecule has 0 unspecified atom stereocenters. The maximum Gasteiger partial charge on any atom is 0.338 e. The van der Waals surface area contributed by atoms with E-state index in [0.717, 1.165) is 23.5 Å². The Kier molecular flexibility index (Phi) is 11.1. The van der Waals surface area contributed by atoms with Gasteiger partial charge in [0, 0.05) is 25.0 Å². The van der Waals surface area contributed by atoms with Gasteiger partial charge in [0.1, 0.15) is 28.6 Å². The second-order valence-corrected chi connectivity index (χ2v) is 11.0. The van der Waals surface area contributed by atoms with Crippen LogP contribution < -0.4 is 14.2 Å². The molecule has 0 saturated carbocycles. The molecule has 0 bridgehead atoms. The summed E-state index contributed by atoms with van der Waals surface area (Å²) >= 11 is 0. The zero-order valence-corrected chi connectivity index (χ0v) is 23.7. The Morgan fingerprint density at radius 2 is 1.46 bits per heavy atom. The van der Waals surface area contributed by atoms with Gasteiger partial charge in [-0.15, -0.1) is 0 Å². The molecule has 2 aromatic carbocycles. The summed E-state index contributed by atoms with van der Waals surface area (Å²) in [6.07, 6.45) is 2.33. The molecule has 2 rings (SSSR count). The average molecular weight is 517 g/mol. The molecule has 0 amide bonds. The number of aryl methyl sites for hydroxylation is 1. The van der Waals surface area contributed by atoms with E-state index in [0.29, 0.717) is 44.3 Å². The fourth-order valence-electron chi connectivity index (χ4n) is 3.60. The zero-order valence-electron chi connectivity index (χ0n) is 23.7. The fourth-order valence-corrected chi connectivity index (χ4v) is 3.60. The molecule has 0 fully saturated rings. The number of rotatable bonds is 15. The van der Waals surface area contributed by atoms with Crippen molar-refractivity contribution in [2.75, 3.05) is 26.9 Å². The summed E-state index contributed by atoms with van der Waals surface area (Å²) in [6, 6.07) is 10.3. The minimum atomic E-state index is -0.582. The predicted octanol–water partition coefficient (Wildman–Crippen LogP) is 6.72. The quantitative estimate of drug-likeness (QED) is 0.263. The Bertz CT molecular complexity index is 1010. The molecule has 0 heterocycles. The van der Waals surface area contributed by atoms with Gasteiger partial charge < -0.3 is 28.8 Å². The molecule has 0 spiro atoms. The molecular formula is C30H44O7. The van der Waals surface area contributed by atoms with Crippen molar-refractivity contribution in [2.24, 2.45) is 5.92 Å². The molecule has 0 aliphatic rings. The van der Waals surface area contributed by atoms with Gasteiger partial charge in [-0.2, -0.15) is 0 Å². The van der Waals surface area contributed by atoms with Crippen LogP contribution in [0.25, 0.3) is 0 Å². The molecular weight excluding hydrogens is 472 g/mol. The number of aromatic hydroxyl groups is 1. The number of esters is 1. The zero-order chi connectivity index (χ0) is 27.6. The molecule has 0 aromatic heterocycles. The van der Waals surface area contributed by atoms with Crippen LogP contribution in [0.15, 0.2) is 36.4 Å². The summed E-state index contributed by atoms with van der Waals surface area (Å²) < 4.78 is 28.9. The largest absolute Gasteiger partial charge is 0.508 e. The first-order valence-corrected chi connectivity index (χ1v) is 12.9. The lowest BCUT2D eigenvalue weighted by Crippen LogP contribution is -2.33. The van der Waals surface area contributed by atoms with Crippen molar-refractivity contribution in [3.05, 3.63) is 47.5 Å². The summed E-state index contributed by atoms with van der Waals surface area (Å²) in [6.45, 7) is 16.0. The van der Waals surface area contributed by atoms with Gasteiger partial charge in [0.05, 0.1) is 38.1 Å². The molecule has 0 atom stereocenters. The molecule has 7 nitrogen and oxygen atoms in total. The van der Waals surface area contributed by atoms with Crippen molar-refractivity contribution < 1.29 is 33.6 Å². The van der Waals surface area contributed by atoms with Gasteiger partial charge >= 0.3 is 5.97 Å². The van der Waals surface area contributed by atoms with E-state index in [1.54, 1.807) is 6.07 Å². The van der Waals surface area contributed by atoms with Gasteiger partial charge in [-0.3, -0.25) is 0 Å². The highest BCUT2D eigenvalue weighted by atomic mass is 16.5. The monoisotopic (exact) mass is 516 g/mol. The van der Waals surface area contributed by atoms with Crippen LogP contribution in [0.4, 0.5) is 0 Å². The molecule has 37 heavy (non-hydrogen) atoms. The van der Waals surface area contributed by atoms with Crippen LogP contribution >= 0.6 is 0 Å². The van der Waals surface area contributed by atoms with E-state index < -0.39 is 11.6 Å². The predicted molar refractivity (Wildman–Crippen MR) is 145 cm³/mol. The highest BCUT2D eigenvalue weighted by Crippen LogP contribution is 2.28. The second kappa shape index (κ2) is 13.6. The molecule has 1 N–H and O–H groups in total. The third-order valence-electron chi connectivity index (χ3n) is 5.86. The summed E-state index contributed by atoms with van der Waals surface area (Å²) in [4.78, 5) is 11.8. The van der Waals surface area contributed by atoms with E-state index in [9.17, 15) is 9.90 Å². The van der Waals surface area contributed by atoms with Gasteiger partial charge in [-0.05, 0) is 76.8 Å². The maximum absolute atomic E-state index is 11.8. The lowest BCUT2D eigenvalue weighted by molar-refractivity contribution is -0.0502. The van der Waals surface area contributed by atoms with Crippen LogP contribution in [0.2, 0.25) is 0 Å². The molecule has 0 aliphatic carbocycles. The number of hydrogen-bond acceptors (Lipinski definition) is 7. The van der Waals surface area contributed by atoms with Crippen LogP contribution in [-0.2, 0) is 9.47 Å². The molecule has 206 valence electrons. The number of ether oxygens (including phenoxy) is 5. The van der Waals surface area contributed by atoms with E-state index in [-0.39, 0.29) is 16.9 Å². The van der Waals surface area contributed by atoms with Crippen LogP contribution in [0.5, 0.6) is 23.0 Å². The molecule has 0 radical (unpaired) electrons. The third-order valence-corrected chi connectivity index (χ3v) is 5.86. The molecule has 0 aliphatic heterocycles. The first-order chi connectivity index (χ1) is 17.3. The normalized spacial score (nSPS) is 11.9. The van der Waals surface area contributed by atoms with Gasteiger partial charge in [-0.25, -0.2) is 4.79 Å². The number of methoxy groups -OCH3 is 1. The van der Waals surface area contributed by atoms with E-state index in [4.69, 9.17) is 23.7 Å². The third kappa shape index (κ3) is 11.3. The summed E-state index contributed by atoms with van der Waals surface area (Å²) in [5.41, 5.74) is 0.356. The Morgan fingerprint density at radius 3 is 2.08 bits per heavy atom. The number of phenolic OH excluding ortho intramolecular Hbond substituents is 1. The van der Waals surface area contributed by atoms with E-state index >= 15 is 0 Å². The van der Waals surface area contributed by atoms with Crippen molar-refractivity contribution >= 4 is 5.97 Å². The molecule has 0 saturated heterocycles. The highest BCUT2D eigenvalue weighted by molar-refractivity contribution is 5.90. The number of hydrogen-bond donors (Lipinski definition) is 1. The minimum absolute atomic E-state index is 0.0612. The van der Waals surface area contributed by atoms with E-state index in [2.05, 4.69) is 13.8 Å². The standard InChI is InChI=1S/C30H44O7/c1-21(2)9-12-34-25-15-22(3)16-26(20-25)35-13-10-29(4,5)36-14-11-30(6,7)37-27-18-23(28(32)33-8)17-24(31)19-27/h15-21,31H,9-14H2,1-8H3. The van der Waals surface area contributed by atoms with Gasteiger partial charge in [0.2, 0.25) is 0 Å². The summed E-state index contributed by atoms with van der Waals surface area (Å²) in [5.74, 6) is 2.02. The Labute approximate surface area is 222 Å². The van der Waals surface area contributed by atoms with Crippen molar-refractivity contribution in [1.82, 2.24) is 0 Å². The highest BCUT2D eigenvalue weighted by Gasteiger charge is 2.24. The average Bonchev–Trinajstić information content (AvgIpc) is 2.76.